The number of nitrogens with zero attached hydrogens (tertiary/aromatic N) is 3. The van der Waals surface area contributed by atoms with Crippen LogP contribution in [0, 0.1) is 0 Å². The number of likely N-dealkylation sites (N-methyl/N-ethyl adjacent to an activating group) is 1. The van der Waals surface area contributed by atoms with Crippen molar-refractivity contribution in [3.63, 3.8) is 0 Å². The van der Waals surface area contributed by atoms with Gasteiger partial charge in [0.1, 0.15) is 24.5 Å². The fourth-order valence-electron chi connectivity index (χ4n) is 1.37. The summed E-state index contributed by atoms with van der Waals surface area (Å²) in [4.78, 5) is 20.2. The molecule has 1 aromatic rings. The molecule has 0 fully saturated rings. The van der Waals surface area contributed by atoms with Crippen molar-refractivity contribution in [1.29, 1.82) is 0 Å². The fraction of sp³-hybridized carbons (Fsp3) is 0.545. The quantitative estimate of drug-likeness (QED) is 0.651. The van der Waals surface area contributed by atoms with Crippen molar-refractivity contribution in [2.45, 2.75) is 6.42 Å². The Morgan fingerprint density at radius 2 is 2.33 bits per heavy atom. The predicted octanol–water partition coefficient (Wildman–Crippen LogP) is 0.446. The van der Waals surface area contributed by atoms with Crippen molar-refractivity contribution >= 4 is 17.6 Å². The molecule has 0 saturated carbocycles. The number of rotatable bonds is 8. The van der Waals surface area contributed by atoms with Gasteiger partial charge < -0.3 is 20.1 Å². The van der Waals surface area contributed by atoms with Crippen LogP contribution in [0.5, 0.6) is 0 Å². The summed E-state index contributed by atoms with van der Waals surface area (Å²) in [7, 11) is 3.33. The summed E-state index contributed by atoms with van der Waals surface area (Å²) >= 11 is 0. The van der Waals surface area contributed by atoms with Crippen molar-refractivity contribution < 1.29 is 14.6 Å². The first-order valence-electron chi connectivity index (χ1n) is 5.61. The van der Waals surface area contributed by atoms with Gasteiger partial charge in [-0.25, -0.2) is 9.97 Å². The highest BCUT2D eigenvalue weighted by Crippen LogP contribution is 2.12. The number of methoxy groups -OCH3 is 1. The summed E-state index contributed by atoms with van der Waals surface area (Å²) in [5.74, 6) is 0.348. The van der Waals surface area contributed by atoms with E-state index in [0.29, 0.717) is 18.2 Å². The third-order valence-corrected chi connectivity index (χ3v) is 2.25. The second kappa shape index (κ2) is 7.44. The minimum atomic E-state index is -0.897. The normalized spacial score (nSPS) is 10.1. The fourth-order valence-corrected chi connectivity index (χ4v) is 1.37. The molecule has 0 aliphatic carbocycles. The molecule has 1 aromatic heterocycles. The van der Waals surface area contributed by atoms with Crippen molar-refractivity contribution in [2.75, 3.05) is 44.1 Å². The Kier molecular flexibility index (Phi) is 5.86. The van der Waals surface area contributed by atoms with E-state index in [-0.39, 0.29) is 6.54 Å². The molecule has 2 N–H and O–H groups in total. The van der Waals surface area contributed by atoms with Crippen LogP contribution in [0.4, 0.5) is 11.6 Å². The molecule has 0 aromatic carbocycles. The molecule has 7 nitrogen and oxygen atoms in total. The number of anilines is 2. The minimum absolute atomic E-state index is 0.0971. The zero-order valence-corrected chi connectivity index (χ0v) is 10.6. The predicted molar refractivity (Wildman–Crippen MR) is 67.9 cm³/mol. The van der Waals surface area contributed by atoms with E-state index < -0.39 is 5.97 Å². The first-order valence-corrected chi connectivity index (χ1v) is 5.61. The van der Waals surface area contributed by atoms with Gasteiger partial charge in [-0.1, -0.05) is 0 Å². The van der Waals surface area contributed by atoms with E-state index in [4.69, 9.17) is 9.84 Å². The van der Waals surface area contributed by atoms with E-state index >= 15 is 0 Å². The van der Waals surface area contributed by atoms with E-state index in [2.05, 4.69) is 15.3 Å². The smallest absolute Gasteiger partial charge is 0.323 e. The SMILES string of the molecule is COCCCNc1cc(N(C)CC(=O)O)ncn1. The van der Waals surface area contributed by atoms with Crippen LogP contribution in [0.2, 0.25) is 0 Å². The maximum absolute atomic E-state index is 10.6. The number of aliphatic carboxylic acids is 1. The Morgan fingerprint density at radius 3 is 3.00 bits per heavy atom. The van der Waals surface area contributed by atoms with Gasteiger partial charge in [0.05, 0.1) is 0 Å². The Morgan fingerprint density at radius 1 is 1.56 bits per heavy atom. The molecule has 0 atom stereocenters. The Labute approximate surface area is 106 Å². The molecular formula is C11H18N4O3. The second-order valence-electron chi connectivity index (χ2n) is 3.78. The van der Waals surface area contributed by atoms with Crippen molar-refractivity contribution in [1.82, 2.24) is 9.97 Å². The number of nitrogens with one attached hydrogen (secondary N) is 1. The lowest BCUT2D eigenvalue weighted by molar-refractivity contribution is -0.135. The second-order valence-corrected chi connectivity index (χ2v) is 3.78. The highest BCUT2D eigenvalue weighted by Gasteiger charge is 2.07. The number of hydrogen-bond donors (Lipinski definition) is 2. The minimum Gasteiger partial charge on any atom is -0.480 e. The molecule has 18 heavy (non-hydrogen) atoms. The van der Waals surface area contributed by atoms with E-state index in [1.165, 1.54) is 6.33 Å². The maximum atomic E-state index is 10.6. The molecule has 0 spiro atoms. The third kappa shape index (κ3) is 4.96. The average Bonchev–Trinajstić information content (AvgIpc) is 2.34. The monoisotopic (exact) mass is 254 g/mol. The molecule has 0 unspecified atom stereocenters. The summed E-state index contributed by atoms with van der Waals surface area (Å²) < 4.78 is 4.94. The molecule has 100 valence electrons. The van der Waals surface area contributed by atoms with Gasteiger partial charge in [0.15, 0.2) is 0 Å². The molecular weight excluding hydrogens is 236 g/mol. The highest BCUT2D eigenvalue weighted by molar-refractivity contribution is 5.73. The van der Waals surface area contributed by atoms with Crippen LogP contribution >= 0.6 is 0 Å². The molecule has 0 aliphatic heterocycles. The van der Waals surface area contributed by atoms with Gasteiger partial charge >= 0.3 is 5.97 Å². The van der Waals surface area contributed by atoms with Gasteiger partial charge in [-0.2, -0.15) is 0 Å². The zero-order chi connectivity index (χ0) is 13.4. The lowest BCUT2D eigenvalue weighted by atomic mass is 10.4. The van der Waals surface area contributed by atoms with Gasteiger partial charge in [0.2, 0.25) is 0 Å². The van der Waals surface area contributed by atoms with Crippen molar-refractivity contribution in [3.8, 4) is 0 Å². The number of carboxylic acid groups (broad SMARTS) is 1. The summed E-state index contributed by atoms with van der Waals surface area (Å²) in [5.41, 5.74) is 0. The van der Waals surface area contributed by atoms with Crippen molar-refractivity contribution in [2.24, 2.45) is 0 Å². The highest BCUT2D eigenvalue weighted by atomic mass is 16.5. The summed E-state index contributed by atoms with van der Waals surface area (Å²) in [6, 6.07) is 1.72. The van der Waals surface area contributed by atoms with Gasteiger partial charge in [0.25, 0.3) is 0 Å². The molecule has 1 heterocycles. The standard InChI is InChI=1S/C11H18N4O3/c1-15(7-11(16)17)10-6-9(13-8-14-10)12-4-3-5-18-2/h6,8H,3-5,7H2,1-2H3,(H,16,17)(H,12,13,14). The van der Waals surface area contributed by atoms with Crippen LogP contribution in [-0.2, 0) is 9.53 Å². The van der Waals surface area contributed by atoms with E-state index in [9.17, 15) is 4.79 Å². The number of carbonyl (C=O) groups is 1. The first-order chi connectivity index (χ1) is 8.63. The number of ether oxygens (including phenoxy) is 1. The van der Waals surface area contributed by atoms with Crippen LogP contribution in [0.1, 0.15) is 6.42 Å². The van der Waals surface area contributed by atoms with E-state index in [1.54, 1.807) is 25.1 Å². The van der Waals surface area contributed by atoms with Gasteiger partial charge in [0, 0.05) is 33.4 Å². The van der Waals surface area contributed by atoms with Crippen LogP contribution in [0.15, 0.2) is 12.4 Å². The third-order valence-electron chi connectivity index (χ3n) is 2.25. The summed E-state index contributed by atoms with van der Waals surface area (Å²) in [6.45, 7) is 1.33. The molecule has 7 heteroatoms. The number of carboxylic acids is 1. The Balaban J connectivity index is 2.53. The summed E-state index contributed by atoms with van der Waals surface area (Å²) in [6.07, 6.45) is 2.28. The van der Waals surface area contributed by atoms with E-state index in [0.717, 1.165) is 13.0 Å². The van der Waals surface area contributed by atoms with Crippen LogP contribution in [0.25, 0.3) is 0 Å². The largest absolute Gasteiger partial charge is 0.480 e. The van der Waals surface area contributed by atoms with Gasteiger partial charge in [-0.05, 0) is 6.42 Å². The molecule has 1 rings (SSSR count). The average molecular weight is 254 g/mol. The molecule has 0 saturated heterocycles. The van der Waals surface area contributed by atoms with Crippen LogP contribution in [0.3, 0.4) is 0 Å². The maximum Gasteiger partial charge on any atom is 0.323 e. The van der Waals surface area contributed by atoms with Crippen LogP contribution < -0.4 is 10.2 Å². The van der Waals surface area contributed by atoms with Gasteiger partial charge in [-0.3, -0.25) is 4.79 Å². The number of aromatic nitrogens is 2. The first kappa shape index (κ1) is 14.2. The van der Waals surface area contributed by atoms with Crippen molar-refractivity contribution in [3.05, 3.63) is 12.4 Å². The molecule has 0 bridgehead atoms. The topological polar surface area (TPSA) is 87.6 Å². The lowest BCUT2D eigenvalue weighted by Crippen LogP contribution is -2.26. The zero-order valence-electron chi connectivity index (χ0n) is 10.6. The summed E-state index contributed by atoms with van der Waals surface area (Å²) in [5, 5.41) is 11.8. The molecule has 0 radical (unpaired) electrons. The Hall–Kier alpha value is -1.89. The molecule has 0 amide bonds. The van der Waals surface area contributed by atoms with Gasteiger partial charge in [-0.15, -0.1) is 0 Å². The molecule has 0 aliphatic rings. The Bertz CT molecular complexity index is 386. The van der Waals surface area contributed by atoms with Crippen LogP contribution in [-0.4, -0.2) is 54.9 Å². The number of hydrogen-bond acceptors (Lipinski definition) is 6. The lowest BCUT2D eigenvalue weighted by Gasteiger charge is -2.16. The van der Waals surface area contributed by atoms with E-state index in [1.807, 2.05) is 0 Å².